The molecule has 188 valence electrons. The maximum absolute atomic E-state index is 12.6. The molecule has 7 heteroatoms. The number of aliphatic hydroxyl groups is 1. The molecule has 0 fully saturated rings. The first-order valence-electron chi connectivity index (χ1n) is 12.5. The molecule has 2 atom stereocenters. The van der Waals surface area contributed by atoms with E-state index in [2.05, 4.69) is 38.3 Å². The van der Waals surface area contributed by atoms with Gasteiger partial charge < -0.3 is 20.6 Å². The number of hydrogen-bond donors (Lipinski definition) is 3. The van der Waals surface area contributed by atoms with Crippen molar-refractivity contribution in [3.63, 3.8) is 0 Å². The molecule has 0 bridgehead atoms. The number of carbonyl (C=O) groups excluding carboxylic acids is 2. The van der Waals surface area contributed by atoms with Crippen LogP contribution >= 0.6 is 11.6 Å². The summed E-state index contributed by atoms with van der Waals surface area (Å²) >= 11 is 5.99. The predicted octanol–water partition coefficient (Wildman–Crippen LogP) is 4.18. The van der Waals surface area contributed by atoms with E-state index in [0.717, 1.165) is 44.5 Å². The quantitative estimate of drug-likeness (QED) is 0.291. The van der Waals surface area contributed by atoms with Gasteiger partial charge in [-0.2, -0.15) is 0 Å². The molecule has 1 aromatic rings. The molecule has 0 saturated carbocycles. The van der Waals surface area contributed by atoms with Crippen molar-refractivity contribution in [2.45, 2.75) is 84.8 Å². The van der Waals surface area contributed by atoms with Gasteiger partial charge in [0.1, 0.15) is 0 Å². The van der Waals surface area contributed by atoms with E-state index in [1.54, 1.807) is 0 Å². The highest BCUT2D eigenvalue weighted by Gasteiger charge is 2.22. The normalized spacial score (nSPS) is 13.1. The van der Waals surface area contributed by atoms with Crippen LogP contribution in [0, 0.1) is 5.92 Å². The average Bonchev–Trinajstić information content (AvgIpc) is 2.77. The summed E-state index contributed by atoms with van der Waals surface area (Å²) in [6, 6.07) is 7.03. The Hall–Kier alpha value is -1.63. The molecule has 0 spiro atoms. The highest BCUT2D eigenvalue weighted by atomic mass is 35.5. The van der Waals surface area contributed by atoms with Gasteiger partial charge in [0.2, 0.25) is 11.8 Å². The smallest absolute Gasteiger partial charge is 0.222 e. The lowest BCUT2D eigenvalue weighted by Crippen LogP contribution is -2.48. The minimum absolute atomic E-state index is 0.110. The molecule has 2 amide bonds. The van der Waals surface area contributed by atoms with E-state index in [0.29, 0.717) is 36.7 Å². The number of nitrogens with one attached hydrogen (secondary N) is 2. The van der Waals surface area contributed by atoms with E-state index >= 15 is 0 Å². The van der Waals surface area contributed by atoms with E-state index in [1.807, 2.05) is 29.2 Å². The van der Waals surface area contributed by atoms with Gasteiger partial charge in [-0.25, -0.2) is 0 Å². The van der Waals surface area contributed by atoms with Gasteiger partial charge in [0.25, 0.3) is 0 Å². The first-order chi connectivity index (χ1) is 15.8. The summed E-state index contributed by atoms with van der Waals surface area (Å²) in [6.45, 7) is 11.2. The van der Waals surface area contributed by atoms with Gasteiger partial charge in [-0.1, -0.05) is 51.4 Å². The lowest BCUT2D eigenvalue weighted by Gasteiger charge is -2.25. The third kappa shape index (κ3) is 13.0. The van der Waals surface area contributed by atoms with Crippen LogP contribution in [0.15, 0.2) is 24.3 Å². The lowest BCUT2D eigenvalue weighted by molar-refractivity contribution is -0.131. The monoisotopic (exact) mass is 481 g/mol. The number of nitrogens with zero attached hydrogens (tertiary/aromatic N) is 1. The van der Waals surface area contributed by atoms with Crippen molar-refractivity contribution >= 4 is 23.4 Å². The minimum Gasteiger partial charge on any atom is -0.390 e. The number of amides is 2. The minimum atomic E-state index is -0.719. The van der Waals surface area contributed by atoms with Crippen LogP contribution in [0.25, 0.3) is 0 Å². The van der Waals surface area contributed by atoms with E-state index in [1.165, 1.54) is 0 Å². The first kappa shape index (κ1) is 29.4. The molecule has 0 aliphatic rings. The van der Waals surface area contributed by atoms with Crippen molar-refractivity contribution < 1.29 is 14.7 Å². The van der Waals surface area contributed by atoms with Crippen molar-refractivity contribution in [3.05, 3.63) is 34.9 Å². The third-order valence-corrected chi connectivity index (χ3v) is 5.82. The Balaban J connectivity index is 2.62. The number of rotatable bonds is 17. The van der Waals surface area contributed by atoms with E-state index < -0.39 is 12.1 Å². The van der Waals surface area contributed by atoms with Crippen molar-refractivity contribution in [2.24, 2.45) is 5.92 Å². The van der Waals surface area contributed by atoms with Gasteiger partial charge in [0, 0.05) is 37.5 Å². The fourth-order valence-corrected chi connectivity index (χ4v) is 3.80. The summed E-state index contributed by atoms with van der Waals surface area (Å²) in [5.41, 5.74) is 0.996. The third-order valence-electron chi connectivity index (χ3n) is 5.57. The zero-order valence-electron chi connectivity index (χ0n) is 20.9. The van der Waals surface area contributed by atoms with Crippen molar-refractivity contribution in [1.82, 2.24) is 15.5 Å². The number of hydrogen-bond acceptors (Lipinski definition) is 4. The molecular weight excluding hydrogens is 438 g/mol. The molecule has 33 heavy (non-hydrogen) atoms. The second-order valence-corrected chi connectivity index (χ2v) is 9.63. The molecule has 0 aromatic heterocycles. The summed E-state index contributed by atoms with van der Waals surface area (Å²) in [4.78, 5) is 27.0. The summed E-state index contributed by atoms with van der Waals surface area (Å²) < 4.78 is 0. The fourth-order valence-electron chi connectivity index (χ4n) is 3.68. The highest BCUT2D eigenvalue weighted by Crippen LogP contribution is 2.13. The van der Waals surface area contributed by atoms with E-state index in [4.69, 9.17) is 11.6 Å². The van der Waals surface area contributed by atoms with Crippen LogP contribution in [-0.4, -0.2) is 60.1 Å². The second-order valence-electron chi connectivity index (χ2n) is 9.19. The number of aliphatic hydroxyl groups excluding tert-OH is 1. The Morgan fingerprint density at radius 1 is 1.06 bits per heavy atom. The van der Waals surface area contributed by atoms with Gasteiger partial charge in [0.05, 0.1) is 12.1 Å². The summed E-state index contributed by atoms with van der Waals surface area (Å²) in [5, 5.41) is 17.7. The number of benzene rings is 1. The fraction of sp³-hybridized carbons (Fsp3) is 0.692. The van der Waals surface area contributed by atoms with Crippen LogP contribution in [0.1, 0.15) is 71.8 Å². The van der Waals surface area contributed by atoms with Gasteiger partial charge in [-0.15, -0.1) is 0 Å². The lowest BCUT2D eigenvalue weighted by atomic mass is 10.0. The SMILES string of the molecule is CCCN(CCC)C(=O)CCCC(=O)N[C@@H](Cc1ccc(Cl)cc1)[C@H](O)CNCCC(C)C. The second kappa shape index (κ2) is 16.9. The molecule has 1 rings (SSSR count). The molecule has 0 aliphatic heterocycles. The molecule has 6 nitrogen and oxygen atoms in total. The van der Waals surface area contributed by atoms with Crippen molar-refractivity contribution in [1.29, 1.82) is 0 Å². The number of halogens is 1. The maximum Gasteiger partial charge on any atom is 0.222 e. The van der Waals surface area contributed by atoms with Crippen LogP contribution in [0.5, 0.6) is 0 Å². The first-order valence-corrected chi connectivity index (χ1v) is 12.8. The molecule has 0 radical (unpaired) electrons. The summed E-state index contributed by atoms with van der Waals surface area (Å²) in [5.74, 6) is 0.562. The molecule has 0 unspecified atom stereocenters. The summed E-state index contributed by atoms with van der Waals surface area (Å²) in [6.07, 6.45) is 3.83. The topological polar surface area (TPSA) is 81.7 Å². The zero-order valence-corrected chi connectivity index (χ0v) is 21.7. The number of carbonyl (C=O) groups is 2. The van der Waals surface area contributed by atoms with E-state index in [-0.39, 0.29) is 18.2 Å². The average molecular weight is 482 g/mol. The standard InChI is InChI=1S/C26H44ClN3O3/c1-5-16-30(17-6-2)26(33)9-7-8-25(32)29-23(18-21-10-12-22(27)13-11-21)24(31)19-28-15-14-20(3)4/h10-13,20,23-24,28,31H,5-9,14-19H2,1-4H3,(H,29,32)/t23-,24+/m0/s1. The summed E-state index contributed by atoms with van der Waals surface area (Å²) in [7, 11) is 0. The van der Waals surface area contributed by atoms with Gasteiger partial charge in [0.15, 0.2) is 0 Å². The van der Waals surface area contributed by atoms with Crippen LogP contribution < -0.4 is 10.6 Å². The molecule has 1 aromatic carbocycles. The van der Waals surface area contributed by atoms with Crippen molar-refractivity contribution in [3.8, 4) is 0 Å². The Morgan fingerprint density at radius 2 is 1.70 bits per heavy atom. The van der Waals surface area contributed by atoms with Gasteiger partial charge in [-0.3, -0.25) is 9.59 Å². The predicted molar refractivity (Wildman–Crippen MR) is 136 cm³/mol. The molecule has 0 aliphatic carbocycles. The molecule has 0 saturated heterocycles. The Kier molecular flexibility index (Phi) is 15.1. The van der Waals surface area contributed by atoms with Crippen LogP contribution in [-0.2, 0) is 16.0 Å². The largest absolute Gasteiger partial charge is 0.390 e. The Labute approximate surface area is 205 Å². The maximum atomic E-state index is 12.6. The Bertz CT molecular complexity index is 676. The van der Waals surface area contributed by atoms with Crippen LogP contribution in [0.3, 0.4) is 0 Å². The van der Waals surface area contributed by atoms with Crippen molar-refractivity contribution in [2.75, 3.05) is 26.2 Å². The van der Waals surface area contributed by atoms with E-state index in [9.17, 15) is 14.7 Å². The van der Waals surface area contributed by atoms with Gasteiger partial charge in [-0.05, 0) is 62.3 Å². The van der Waals surface area contributed by atoms with Crippen LogP contribution in [0.4, 0.5) is 0 Å². The van der Waals surface area contributed by atoms with Crippen LogP contribution in [0.2, 0.25) is 5.02 Å². The highest BCUT2D eigenvalue weighted by molar-refractivity contribution is 6.30. The zero-order chi connectivity index (χ0) is 24.6. The molecular formula is C26H44ClN3O3. The van der Waals surface area contributed by atoms with Gasteiger partial charge >= 0.3 is 0 Å². The molecule has 3 N–H and O–H groups in total. The molecule has 0 heterocycles. The Morgan fingerprint density at radius 3 is 2.27 bits per heavy atom.